The van der Waals surface area contributed by atoms with Gasteiger partial charge in [0.15, 0.2) is 5.65 Å². The van der Waals surface area contributed by atoms with Gasteiger partial charge >= 0.3 is 0 Å². The van der Waals surface area contributed by atoms with Crippen molar-refractivity contribution in [3.8, 4) is 5.69 Å². The molecule has 3 aromatic rings. The summed E-state index contributed by atoms with van der Waals surface area (Å²) in [5, 5.41) is 18.3. The fourth-order valence-electron chi connectivity index (χ4n) is 4.87. The Morgan fingerprint density at radius 1 is 1.12 bits per heavy atom. The number of morpholine rings is 1. The van der Waals surface area contributed by atoms with Crippen molar-refractivity contribution in [1.29, 1.82) is 0 Å². The molecular weight excluding hydrogens is 444 g/mol. The second-order valence-corrected chi connectivity index (χ2v) is 9.23. The maximum absolute atomic E-state index is 13.3. The van der Waals surface area contributed by atoms with Crippen molar-refractivity contribution in [3.63, 3.8) is 0 Å². The molecule has 1 saturated carbocycles. The molecule has 3 aliphatic rings. The molecule has 2 aromatic heterocycles. The molecule has 1 aliphatic carbocycles. The Hall–Kier alpha value is -2.89. The first-order valence-corrected chi connectivity index (χ1v) is 11.7. The van der Waals surface area contributed by atoms with E-state index in [-0.39, 0.29) is 17.7 Å². The van der Waals surface area contributed by atoms with Gasteiger partial charge in [0.2, 0.25) is 5.95 Å². The van der Waals surface area contributed by atoms with E-state index in [1.54, 1.807) is 23.0 Å². The van der Waals surface area contributed by atoms with Gasteiger partial charge < -0.3 is 20.1 Å². The minimum Gasteiger partial charge on any atom is -0.393 e. The van der Waals surface area contributed by atoms with E-state index in [2.05, 4.69) is 20.2 Å². The van der Waals surface area contributed by atoms with Crippen molar-refractivity contribution >= 4 is 22.8 Å². The molecule has 3 fully saturated rings. The van der Waals surface area contributed by atoms with Crippen LogP contribution in [0.5, 0.6) is 0 Å². The zero-order chi connectivity index (χ0) is 23.2. The number of hydrogen-bond acceptors (Lipinski definition) is 8. The number of aromatic nitrogens is 4. The Morgan fingerprint density at radius 2 is 1.91 bits per heavy atom. The summed E-state index contributed by atoms with van der Waals surface area (Å²) in [6.45, 7) is 5.10. The number of nitrogens with zero attached hydrogens (tertiary/aromatic N) is 6. The molecule has 2 aliphatic heterocycles. The van der Waals surface area contributed by atoms with E-state index in [4.69, 9.17) is 14.7 Å². The van der Waals surface area contributed by atoms with E-state index in [0.717, 1.165) is 50.6 Å². The molecule has 0 radical (unpaired) electrons. The lowest BCUT2D eigenvalue weighted by atomic mass is 9.90. The van der Waals surface area contributed by atoms with E-state index >= 15 is 0 Å². The number of benzene rings is 1. The second-order valence-electron chi connectivity index (χ2n) is 9.23. The van der Waals surface area contributed by atoms with Crippen LogP contribution in [0.15, 0.2) is 30.5 Å². The van der Waals surface area contributed by atoms with E-state index in [0.29, 0.717) is 36.2 Å². The molecule has 180 valence electrons. The molecule has 34 heavy (non-hydrogen) atoms. The predicted octanol–water partition coefficient (Wildman–Crippen LogP) is 2.21. The molecule has 0 amide bonds. The van der Waals surface area contributed by atoms with Gasteiger partial charge in [-0.15, -0.1) is 0 Å². The second kappa shape index (κ2) is 8.71. The minimum atomic E-state index is -2.56. The lowest BCUT2D eigenvalue weighted by Gasteiger charge is -2.47. The van der Waals surface area contributed by atoms with Crippen LogP contribution in [0.2, 0.25) is 0 Å². The first-order chi connectivity index (χ1) is 16.5. The number of ether oxygens (including phenoxy) is 1. The van der Waals surface area contributed by atoms with Gasteiger partial charge in [0, 0.05) is 43.8 Å². The van der Waals surface area contributed by atoms with E-state index in [1.165, 1.54) is 12.1 Å². The Kier molecular flexibility index (Phi) is 5.54. The predicted molar refractivity (Wildman–Crippen MR) is 123 cm³/mol. The summed E-state index contributed by atoms with van der Waals surface area (Å²) >= 11 is 0. The number of rotatable bonds is 6. The summed E-state index contributed by atoms with van der Waals surface area (Å²) in [5.74, 6) is 1.24. The monoisotopic (exact) mass is 471 g/mol. The van der Waals surface area contributed by atoms with Crippen molar-refractivity contribution in [2.75, 3.05) is 49.6 Å². The van der Waals surface area contributed by atoms with Crippen molar-refractivity contribution in [2.24, 2.45) is 0 Å². The molecule has 2 N–H and O–H groups in total. The molecule has 0 atom stereocenters. The standard InChI is InChI=1S/C23H27F2N7O2/c24-20(25)14-2-1-3-16(8-14)32-22-19(11-26-32)21(28-23(29-22)27-15-9-18(33)10-15)31-12-17(13-31)30-4-6-34-7-5-30/h1-3,8,11,15,17-18,20,33H,4-7,9-10,12-13H2,(H,27,28,29)/t15-,18-. The minimum absolute atomic E-state index is 0.0617. The molecular formula is C23H27F2N7O2. The molecule has 2 saturated heterocycles. The quantitative estimate of drug-likeness (QED) is 0.566. The average molecular weight is 472 g/mol. The van der Waals surface area contributed by atoms with Crippen LogP contribution < -0.4 is 10.2 Å². The van der Waals surface area contributed by atoms with Crippen LogP contribution in [0.3, 0.4) is 0 Å². The third-order valence-electron chi connectivity index (χ3n) is 6.95. The highest BCUT2D eigenvalue weighted by Crippen LogP contribution is 2.33. The molecule has 0 unspecified atom stereocenters. The Bertz CT molecular complexity index is 1170. The summed E-state index contributed by atoms with van der Waals surface area (Å²) in [4.78, 5) is 14.2. The van der Waals surface area contributed by atoms with Crippen LogP contribution in [-0.2, 0) is 4.74 Å². The smallest absolute Gasteiger partial charge is 0.263 e. The molecule has 0 bridgehead atoms. The maximum Gasteiger partial charge on any atom is 0.263 e. The third-order valence-corrected chi connectivity index (χ3v) is 6.95. The summed E-state index contributed by atoms with van der Waals surface area (Å²) in [6, 6.07) is 6.74. The average Bonchev–Trinajstić information content (AvgIpc) is 3.22. The third kappa shape index (κ3) is 3.97. The Labute approximate surface area is 195 Å². The van der Waals surface area contributed by atoms with Crippen LogP contribution in [0.4, 0.5) is 20.5 Å². The zero-order valence-electron chi connectivity index (χ0n) is 18.6. The summed E-state index contributed by atoms with van der Waals surface area (Å²) in [6.07, 6.45) is 0.142. The summed E-state index contributed by atoms with van der Waals surface area (Å²) < 4.78 is 33.7. The van der Waals surface area contributed by atoms with E-state index < -0.39 is 6.43 Å². The molecule has 6 rings (SSSR count). The van der Waals surface area contributed by atoms with Gasteiger partial charge in [0.05, 0.1) is 36.6 Å². The highest BCUT2D eigenvalue weighted by Gasteiger charge is 2.35. The zero-order valence-corrected chi connectivity index (χ0v) is 18.6. The maximum atomic E-state index is 13.3. The number of aliphatic hydroxyl groups excluding tert-OH is 1. The highest BCUT2D eigenvalue weighted by atomic mass is 19.3. The highest BCUT2D eigenvalue weighted by molar-refractivity contribution is 5.89. The van der Waals surface area contributed by atoms with Crippen LogP contribution in [0.25, 0.3) is 16.7 Å². The lowest BCUT2D eigenvalue weighted by molar-refractivity contribution is 0.0105. The van der Waals surface area contributed by atoms with Crippen molar-refractivity contribution in [1.82, 2.24) is 24.6 Å². The number of hydrogen-bond donors (Lipinski definition) is 2. The molecule has 1 aromatic carbocycles. The summed E-state index contributed by atoms with van der Waals surface area (Å²) in [5.41, 5.74) is 1.03. The van der Waals surface area contributed by atoms with Gasteiger partial charge in [-0.2, -0.15) is 15.1 Å². The SMILES string of the molecule is O[C@H]1C[C@H](Nc2nc(N3CC(N4CCOCC4)C3)c3cnn(-c4cccc(C(F)F)c4)c3n2)C1. The number of halogens is 2. The van der Waals surface area contributed by atoms with Gasteiger partial charge in [0.25, 0.3) is 6.43 Å². The first-order valence-electron chi connectivity index (χ1n) is 11.7. The van der Waals surface area contributed by atoms with Gasteiger partial charge in [-0.25, -0.2) is 13.5 Å². The van der Waals surface area contributed by atoms with Crippen molar-refractivity contribution in [2.45, 2.75) is 37.5 Å². The van der Waals surface area contributed by atoms with Crippen LogP contribution in [0.1, 0.15) is 24.8 Å². The van der Waals surface area contributed by atoms with Crippen molar-refractivity contribution in [3.05, 3.63) is 36.0 Å². The number of aliphatic hydroxyl groups is 1. The topological polar surface area (TPSA) is 91.6 Å². The Morgan fingerprint density at radius 3 is 2.65 bits per heavy atom. The number of alkyl halides is 2. The molecule has 0 spiro atoms. The van der Waals surface area contributed by atoms with Gasteiger partial charge in [-0.05, 0) is 25.0 Å². The fraction of sp³-hybridized carbons (Fsp3) is 0.522. The molecule has 9 nitrogen and oxygen atoms in total. The Balaban J connectivity index is 1.34. The largest absolute Gasteiger partial charge is 0.393 e. The van der Waals surface area contributed by atoms with Gasteiger partial charge in [-0.3, -0.25) is 4.90 Å². The van der Waals surface area contributed by atoms with Crippen LogP contribution in [-0.4, -0.2) is 87.3 Å². The van der Waals surface area contributed by atoms with E-state index in [9.17, 15) is 13.9 Å². The van der Waals surface area contributed by atoms with E-state index in [1.807, 2.05) is 0 Å². The first kappa shape index (κ1) is 21.6. The normalized spacial score (nSPS) is 23.8. The fourth-order valence-corrected chi connectivity index (χ4v) is 4.87. The van der Waals surface area contributed by atoms with Gasteiger partial charge in [0.1, 0.15) is 5.82 Å². The number of anilines is 2. The van der Waals surface area contributed by atoms with Gasteiger partial charge in [-0.1, -0.05) is 12.1 Å². The molecule has 4 heterocycles. The van der Waals surface area contributed by atoms with Crippen LogP contribution in [0, 0.1) is 0 Å². The van der Waals surface area contributed by atoms with Crippen molar-refractivity contribution < 1.29 is 18.6 Å². The molecule has 11 heteroatoms. The van der Waals surface area contributed by atoms with Crippen LogP contribution >= 0.6 is 0 Å². The number of nitrogens with one attached hydrogen (secondary N) is 1. The lowest BCUT2D eigenvalue weighted by Crippen LogP contribution is -2.61. The number of fused-ring (bicyclic) bond motifs is 1. The summed E-state index contributed by atoms with van der Waals surface area (Å²) in [7, 11) is 0.